The Morgan fingerprint density at radius 1 is 1.25 bits per heavy atom. The van der Waals surface area contributed by atoms with Crippen LogP contribution in [0, 0.1) is 10.1 Å². The first-order chi connectivity index (χ1) is 13.5. The molecular weight excluding hydrogens is 362 g/mol. The smallest absolute Gasteiger partial charge is 0.270 e. The largest absolute Gasteiger partial charge is 0.467 e. The number of nitrogens with zero attached hydrogens (tertiary/aromatic N) is 5. The fourth-order valence-corrected chi connectivity index (χ4v) is 3.10. The minimum Gasteiger partial charge on any atom is -0.467 e. The maximum atomic E-state index is 11.2. The van der Waals surface area contributed by atoms with Crippen LogP contribution in [0.2, 0.25) is 0 Å². The van der Waals surface area contributed by atoms with E-state index in [0.717, 1.165) is 5.56 Å². The molecule has 1 aromatic heterocycles. The van der Waals surface area contributed by atoms with Gasteiger partial charge >= 0.3 is 0 Å². The first-order valence-corrected chi connectivity index (χ1v) is 8.90. The number of aromatic nitrogens is 4. The number of rotatable bonds is 5. The minimum absolute atomic E-state index is 0.0209. The lowest BCUT2D eigenvalue weighted by Gasteiger charge is -2.20. The molecule has 2 aromatic carbocycles. The fraction of sp³-hybridized carbons (Fsp3) is 0.316. The van der Waals surface area contributed by atoms with Crippen molar-refractivity contribution >= 4 is 5.69 Å². The number of fused-ring (bicyclic) bond motifs is 1. The molecule has 0 aliphatic carbocycles. The van der Waals surface area contributed by atoms with Crippen molar-refractivity contribution in [2.75, 3.05) is 6.79 Å². The molecule has 0 spiro atoms. The Kier molecular flexibility index (Phi) is 4.74. The summed E-state index contributed by atoms with van der Waals surface area (Å²) in [6, 6.07) is 11.0. The summed E-state index contributed by atoms with van der Waals surface area (Å²) in [6.07, 6.45) is 0. The highest BCUT2D eigenvalue weighted by Gasteiger charge is 2.22. The van der Waals surface area contributed by atoms with Gasteiger partial charge in [0.05, 0.1) is 18.1 Å². The lowest BCUT2D eigenvalue weighted by molar-refractivity contribution is -0.385. The molecule has 28 heavy (non-hydrogen) atoms. The molecule has 144 valence electrons. The monoisotopic (exact) mass is 381 g/mol. The third-order valence-corrected chi connectivity index (χ3v) is 4.58. The van der Waals surface area contributed by atoms with Gasteiger partial charge in [-0.3, -0.25) is 10.1 Å². The van der Waals surface area contributed by atoms with Crippen molar-refractivity contribution in [3.63, 3.8) is 0 Å². The number of nitro benzene ring substituents is 1. The van der Waals surface area contributed by atoms with Crippen LogP contribution in [0.5, 0.6) is 5.75 Å². The van der Waals surface area contributed by atoms with Crippen LogP contribution in [-0.2, 0) is 17.9 Å². The topological polar surface area (TPSA) is 105 Å². The van der Waals surface area contributed by atoms with Gasteiger partial charge in [0.1, 0.15) is 5.75 Å². The second-order valence-corrected chi connectivity index (χ2v) is 6.88. The molecule has 9 heteroatoms. The first-order valence-electron chi connectivity index (χ1n) is 8.90. The molecule has 0 unspecified atom stereocenters. The standard InChI is InChI=1S/C19H19N5O4/c1-12(2)13-3-5-14(6-4-13)19-20-22-23(21-19)9-15-7-17(24(25)26)8-16-10-27-11-28-18(15)16/h3-8,12H,9-11H2,1-2H3. The van der Waals surface area contributed by atoms with Gasteiger partial charge in [-0.15, -0.1) is 10.2 Å². The van der Waals surface area contributed by atoms with Crippen molar-refractivity contribution in [3.8, 4) is 17.1 Å². The molecule has 9 nitrogen and oxygen atoms in total. The maximum absolute atomic E-state index is 11.2. The van der Waals surface area contributed by atoms with Gasteiger partial charge in [-0.25, -0.2) is 0 Å². The molecule has 0 atom stereocenters. The second kappa shape index (κ2) is 7.35. The minimum atomic E-state index is -0.436. The van der Waals surface area contributed by atoms with Crippen LogP contribution in [0.15, 0.2) is 36.4 Å². The van der Waals surface area contributed by atoms with Crippen LogP contribution in [0.4, 0.5) is 5.69 Å². The number of non-ortho nitro benzene ring substituents is 1. The van der Waals surface area contributed by atoms with E-state index in [2.05, 4.69) is 29.3 Å². The molecule has 1 aliphatic heterocycles. The normalized spacial score (nSPS) is 13.2. The molecule has 2 heterocycles. The quantitative estimate of drug-likeness (QED) is 0.493. The molecule has 0 fully saturated rings. The highest BCUT2D eigenvalue weighted by atomic mass is 16.7. The van der Waals surface area contributed by atoms with Crippen molar-refractivity contribution in [2.45, 2.75) is 32.9 Å². The number of ether oxygens (including phenoxy) is 2. The molecule has 0 bridgehead atoms. The number of hydrogen-bond donors (Lipinski definition) is 0. The zero-order valence-corrected chi connectivity index (χ0v) is 15.5. The average molecular weight is 381 g/mol. The third kappa shape index (κ3) is 3.56. The Labute approximate surface area is 161 Å². The summed E-state index contributed by atoms with van der Waals surface area (Å²) in [4.78, 5) is 12.2. The predicted octanol–water partition coefficient (Wildman–Crippen LogP) is 3.29. The first kappa shape index (κ1) is 18.1. The summed E-state index contributed by atoms with van der Waals surface area (Å²) in [7, 11) is 0. The number of tetrazole rings is 1. The SMILES string of the molecule is CC(C)c1ccc(-c2nnn(Cc3cc([N+](=O)[O-])cc4c3OCOC4)n2)cc1. The Morgan fingerprint density at radius 2 is 2.04 bits per heavy atom. The van der Waals surface area contributed by atoms with Gasteiger partial charge in [0.2, 0.25) is 5.82 Å². The van der Waals surface area contributed by atoms with Crippen molar-refractivity contribution < 1.29 is 14.4 Å². The molecule has 1 aliphatic rings. The van der Waals surface area contributed by atoms with Gasteiger partial charge < -0.3 is 9.47 Å². The van der Waals surface area contributed by atoms with Crippen molar-refractivity contribution in [3.05, 3.63) is 63.2 Å². The average Bonchev–Trinajstić information content (AvgIpc) is 3.16. The number of benzene rings is 2. The number of nitro groups is 1. The van der Waals surface area contributed by atoms with Crippen LogP contribution in [0.3, 0.4) is 0 Å². The van der Waals surface area contributed by atoms with E-state index in [0.29, 0.717) is 28.6 Å². The molecule has 0 radical (unpaired) electrons. The summed E-state index contributed by atoms with van der Waals surface area (Å²) < 4.78 is 10.8. The maximum Gasteiger partial charge on any atom is 0.270 e. The summed E-state index contributed by atoms with van der Waals surface area (Å²) >= 11 is 0. The van der Waals surface area contributed by atoms with E-state index in [9.17, 15) is 10.1 Å². The summed E-state index contributed by atoms with van der Waals surface area (Å²) in [5.74, 6) is 1.53. The Bertz CT molecular complexity index is 1010. The molecule has 0 N–H and O–H groups in total. The molecule has 3 aromatic rings. The van der Waals surface area contributed by atoms with Crippen molar-refractivity contribution in [1.29, 1.82) is 0 Å². The third-order valence-electron chi connectivity index (χ3n) is 4.58. The Hall–Kier alpha value is -3.33. The van der Waals surface area contributed by atoms with Crippen LogP contribution in [-0.4, -0.2) is 31.9 Å². The van der Waals surface area contributed by atoms with Gasteiger partial charge in [0.25, 0.3) is 5.69 Å². The van der Waals surface area contributed by atoms with Gasteiger partial charge in [0.15, 0.2) is 6.79 Å². The van der Waals surface area contributed by atoms with Crippen LogP contribution in [0.25, 0.3) is 11.4 Å². The van der Waals surface area contributed by atoms with Gasteiger partial charge in [0, 0.05) is 28.8 Å². The second-order valence-electron chi connectivity index (χ2n) is 6.88. The van der Waals surface area contributed by atoms with E-state index in [1.807, 2.05) is 24.3 Å². The van der Waals surface area contributed by atoms with Crippen LogP contribution in [0.1, 0.15) is 36.5 Å². The molecule has 0 saturated heterocycles. The van der Waals surface area contributed by atoms with Gasteiger partial charge in [-0.05, 0) is 16.7 Å². The van der Waals surface area contributed by atoms with Crippen LogP contribution >= 0.6 is 0 Å². The van der Waals surface area contributed by atoms with E-state index >= 15 is 0 Å². The van der Waals surface area contributed by atoms with Gasteiger partial charge in [-0.1, -0.05) is 38.1 Å². The van der Waals surface area contributed by atoms with Gasteiger partial charge in [-0.2, -0.15) is 4.80 Å². The van der Waals surface area contributed by atoms with E-state index in [-0.39, 0.29) is 25.6 Å². The lowest BCUT2D eigenvalue weighted by atomic mass is 10.0. The summed E-state index contributed by atoms with van der Waals surface area (Å²) in [5.41, 5.74) is 3.33. The highest BCUT2D eigenvalue weighted by molar-refractivity contribution is 5.54. The lowest BCUT2D eigenvalue weighted by Crippen LogP contribution is -2.15. The zero-order chi connectivity index (χ0) is 19.7. The summed E-state index contributed by atoms with van der Waals surface area (Å²) in [6.45, 7) is 4.85. The van der Waals surface area contributed by atoms with E-state index in [1.54, 1.807) is 0 Å². The Balaban J connectivity index is 1.62. The molecular formula is C19H19N5O4. The highest BCUT2D eigenvalue weighted by Crippen LogP contribution is 2.33. The van der Waals surface area contributed by atoms with Crippen LogP contribution < -0.4 is 4.74 Å². The van der Waals surface area contributed by atoms with Crippen molar-refractivity contribution in [2.24, 2.45) is 0 Å². The molecule has 0 saturated carbocycles. The van der Waals surface area contributed by atoms with E-state index in [1.165, 1.54) is 22.5 Å². The van der Waals surface area contributed by atoms with Crippen molar-refractivity contribution in [1.82, 2.24) is 20.2 Å². The van der Waals surface area contributed by atoms with E-state index in [4.69, 9.17) is 9.47 Å². The number of hydrogen-bond acceptors (Lipinski definition) is 7. The molecule has 0 amide bonds. The molecule has 4 rings (SSSR count). The fourth-order valence-electron chi connectivity index (χ4n) is 3.10. The van der Waals surface area contributed by atoms with E-state index < -0.39 is 4.92 Å². The zero-order valence-electron chi connectivity index (χ0n) is 15.5. The predicted molar refractivity (Wildman–Crippen MR) is 99.8 cm³/mol. The Morgan fingerprint density at radius 3 is 2.75 bits per heavy atom. The summed E-state index contributed by atoms with van der Waals surface area (Å²) in [5, 5.41) is 23.8.